The third-order valence-electron chi connectivity index (χ3n) is 3.16. The molecule has 0 spiro atoms. The van der Waals surface area contributed by atoms with Gasteiger partial charge in [-0.05, 0) is 34.7 Å². The molecule has 0 unspecified atom stereocenters. The average molecular weight is 236 g/mol. The Morgan fingerprint density at radius 3 is 2.24 bits per heavy atom. The van der Waals surface area contributed by atoms with Gasteiger partial charge < -0.3 is 0 Å². The zero-order chi connectivity index (χ0) is 11.4. The summed E-state index contributed by atoms with van der Waals surface area (Å²) in [6.45, 7) is 4.52. The Hall–Kier alpha value is -0.300. The van der Waals surface area contributed by atoms with Gasteiger partial charge in [0.1, 0.15) is 0 Å². The summed E-state index contributed by atoms with van der Waals surface area (Å²) in [6, 6.07) is 13.3. The van der Waals surface area contributed by atoms with Gasteiger partial charge in [0.05, 0.1) is 0 Å². The molecule has 0 aromatic heterocycles. The first-order valence-corrected chi connectivity index (χ1v) is 6.36. The molecule has 2 aromatic carbocycles. The first kappa shape index (κ1) is 14.8. The SMILES string of the molecule is CCCc1ccc2ccccc2c1CCC.[NaH]. The molecule has 0 aliphatic heterocycles. The Bertz CT molecular complexity index is 474. The fraction of sp³-hybridized carbons (Fsp3) is 0.375. The van der Waals surface area contributed by atoms with E-state index in [1.165, 1.54) is 36.5 Å². The van der Waals surface area contributed by atoms with Gasteiger partial charge in [-0.25, -0.2) is 0 Å². The molecular weight excluding hydrogens is 215 g/mol. The maximum atomic E-state index is 2.32. The van der Waals surface area contributed by atoms with Crippen molar-refractivity contribution in [3.05, 3.63) is 47.5 Å². The van der Waals surface area contributed by atoms with Crippen molar-refractivity contribution < 1.29 is 0 Å². The zero-order valence-corrected chi connectivity index (χ0v) is 10.3. The van der Waals surface area contributed by atoms with Crippen molar-refractivity contribution in [2.24, 2.45) is 0 Å². The third kappa shape index (κ3) is 3.34. The number of rotatable bonds is 4. The molecule has 0 saturated heterocycles. The maximum absolute atomic E-state index is 2.32. The third-order valence-corrected chi connectivity index (χ3v) is 3.16. The summed E-state index contributed by atoms with van der Waals surface area (Å²) in [6.07, 6.45) is 4.87. The summed E-state index contributed by atoms with van der Waals surface area (Å²) in [5.41, 5.74) is 3.12. The molecule has 0 nitrogen and oxygen atoms in total. The Morgan fingerprint density at radius 1 is 0.824 bits per heavy atom. The van der Waals surface area contributed by atoms with Gasteiger partial charge in [0, 0.05) is 0 Å². The second-order valence-electron chi connectivity index (χ2n) is 4.42. The van der Waals surface area contributed by atoms with Crippen LogP contribution >= 0.6 is 0 Å². The van der Waals surface area contributed by atoms with Crippen molar-refractivity contribution >= 4 is 40.3 Å². The van der Waals surface area contributed by atoms with Crippen LogP contribution in [0.25, 0.3) is 10.8 Å². The van der Waals surface area contributed by atoms with Crippen molar-refractivity contribution in [3.63, 3.8) is 0 Å². The quantitative estimate of drug-likeness (QED) is 0.701. The molecule has 0 aliphatic rings. The van der Waals surface area contributed by atoms with Crippen LogP contribution in [0.3, 0.4) is 0 Å². The summed E-state index contributed by atoms with van der Waals surface area (Å²) >= 11 is 0. The van der Waals surface area contributed by atoms with Crippen LogP contribution in [-0.4, -0.2) is 29.6 Å². The van der Waals surface area contributed by atoms with E-state index in [0.29, 0.717) is 0 Å². The van der Waals surface area contributed by atoms with Crippen LogP contribution < -0.4 is 0 Å². The molecule has 0 N–H and O–H groups in total. The molecule has 0 atom stereocenters. The standard InChI is InChI=1S/C16H20.Na.H/c1-3-7-13-11-12-14-9-5-6-10-16(14)15(13)8-4-2;;/h5-6,9-12H,3-4,7-8H2,1-2H3;;. The topological polar surface area (TPSA) is 0 Å². The molecule has 0 bridgehead atoms. The van der Waals surface area contributed by atoms with Gasteiger partial charge in [-0.1, -0.05) is 63.1 Å². The Balaban J connectivity index is 0.00000144. The number of fused-ring (bicyclic) bond motifs is 1. The van der Waals surface area contributed by atoms with Gasteiger partial charge in [-0.3, -0.25) is 0 Å². The fourth-order valence-electron chi connectivity index (χ4n) is 2.43. The second-order valence-corrected chi connectivity index (χ2v) is 4.42. The number of hydrogen-bond acceptors (Lipinski definition) is 0. The van der Waals surface area contributed by atoms with E-state index in [1.807, 2.05) is 0 Å². The Labute approximate surface area is 127 Å². The van der Waals surface area contributed by atoms with Crippen LogP contribution in [0.15, 0.2) is 36.4 Å². The minimum absolute atomic E-state index is 0. The van der Waals surface area contributed by atoms with Crippen LogP contribution in [0.1, 0.15) is 37.8 Å². The molecule has 0 amide bonds. The first-order valence-electron chi connectivity index (χ1n) is 6.36. The number of hydrogen-bond donors (Lipinski definition) is 0. The van der Waals surface area contributed by atoms with E-state index in [9.17, 15) is 0 Å². The van der Waals surface area contributed by atoms with E-state index in [1.54, 1.807) is 11.1 Å². The fourth-order valence-corrected chi connectivity index (χ4v) is 2.43. The van der Waals surface area contributed by atoms with Gasteiger partial charge >= 0.3 is 29.6 Å². The Kier molecular flexibility index (Phi) is 6.26. The van der Waals surface area contributed by atoms with Gasteiger partial charge in [0.15, 0.2) is 0 Å². The van der Waals surface area contributed by atoms with E-state index >= 15 is 0 Å². The molecule has 17 heavy (non-hydrogen) atoms. The molecule has 1 heteroatoms. The summed E-state index contributed by atoms with van der Waals surface area (Å²) < 4.78 is 0. The van der Waals surface area contributed by atoms with Gasteiger partial charge in [0.25, 0.3) is 0 Å². The molecule has 0 heterocycles. The summed E-state index contributed by atoms with van der Waals surface area (Å²) in [7, 11) is 0. The molecule has 0 fully saturated rings. The summed E-state index contributed by atoms with van der Waals surface area (Å²) in [5, 5.41) is 2.83. The van der Waals surface area contributed by atoms with E-state index < -0.39 is 0 Å². The van der Waals surface area contributed by atoms with Crippen molar-refractivity contribution in [1.29, 1.82) is 0 Å². The van der Waals surface area contributed by atoms with E-state index in [4.69, 9.17) is 0 Å². The zero-order valence-electron chi connectivity index (χ0n) is 10.3. The molecule has 2 rings (SSSR count). The summed E-state index contributed by atoms with van der Waals surface area (Å²) in [5.74, 6) is 0. The average Bonchev–Trinajstić information content (AvgIpc) is 2.32. The molecular formula is C16H21Na. The van der Waals surface area contributed by atoms with Crippen LogP contribution in [0.5, 0.6) is 0 Å². The molecule has 0 radical (unpaired) electrons. The van der Waals surface area contributed by atoms with Gasteiger partial charge in [-0.2, -0.15) is 0 Å². The van der Waals surface area contributed by atoms with E-state index in [2.05, 4.69) is 50.2 Å². The van der Waals surface area contributed by atoms with Crippen molar-refractivity contribution in [3.8, 4) is 0 Å². The van der Waals surface area contributed by atoms with Crippen LogP contribution in [-0.2, 0) is 12.8 Å². The van der Waals surface area contributed by atoms with Crippen molar-refractivity contribution in [2.45, 2.75) is 39.5 Å². The van der Waals surface area contributed by atoms with E-state index in [0.717, 1.165) is 0 Å². The molecule has 0 aliphatic carbocycles. The van der Waals surface area contributed by atoms with Crippen molar-refractivity contribution in [2.75, 3.05) is 0 Å². The minimum atomic E-state index is 0. The normalized spacial score (nSPS) is 10.2. The predicted octanol–water partition coefficient (Wildman–Crippen LogP) is 4.10. The molecule has 0 saturated carbocycles. The molecule has 2 aromatic rings. The Morgan fingerprint density at radius 2 is 1.53 bits per heavy atom. The van der Waals surface area contributed by atoms with Gasteiger partial charge in [0.2, 0.25) is 0 Å². The number of benzene rings is 2. The van der Waals surface area contributed by atoms with Crippen LogP contribution in [0.4, 0.5) is 0 Å². The van der Waals surface area contributed by atoms with E-state index in [-0.39, 0.29) is 29.6 Å². The second kappa shape index (κ2) is 7.20. The number of aryl methyl sites for hydroxylation is 2. The molecule has 86 valence electrons. The van der Waals surface area contributed by atoms with Gasteiger partial charge in [-0.15, -0.1) is 0 Å². The van der Waals surface area contributed by atoms with Crippen LogP contribution in [0.2, 0.25) is 0 Å². The summed E-state index contributed by atoms with van der Waals surface area (Å²) in [4.78, 5) is 0. The monoisotopic (exact) mass is 236 g/mol. The first-order chi connectivity index (χ1) is 7.86. The van der Waals surface area contributed by atoms with Crippen LogP contribution in [0, 0.1) is 0 Å². The predicted molar refractivity (Wildman–Crippen MR) is 79.1 cm³/mol. The van der Waals surface area contributed by atoms with Crippen molar-refractivity contribution in [1.82, 2.24) is 0 Å².